The van der Waals surface area contributed by atoms with Crippen LogP contribution in [0, 0.1) is 0 Å². The molecule has 23 heavy (non-hydrogen) atoms. The average molecular weight is 305 g/mol. The van der Waals surface area contributed by atoms with Gasteiger partial charge in [-0.25, -0.2) is 4.58 Å². The number of hydrogen-bond acceptors (Lipinski definition) is 1. The van der Waals surface area contributed by atoms with Crippen LogP contribution in [0.4, 0.5) is 5.69 Å². The monoisotopic (exact) mass is 305 g/mol. The zero-order chi connectivity index (χ0) is 15.8. The minimum atomic E-state index is 1.18. The van der Waals surface area contributed by atoms with Gasteiger partial charge in [0.1, 0.15) is 13.6 Å². The fourth-order valence-corrected chi connectivity index (χ4v) is 3.98. The molecular weight excluding hydrogens is 280 g/mol. The minimum absolute atomic E-state index is 1.18. The number of aryl methyl sites for hydroxylation is 2. The van der Waals surface area contributed by atoms with Crippen molar-refractivity contribution >= 4 is 11.8 Å². The molecule has 2 aromatic carbocycles. The maximum absolute atomic E-state index is 2.37. The normalized spacial score (nSPS) is 17.9. The summed E-state index contributed by atoms with van der Waals surface area (Å²) in [5.74, 6) is 0. The number of rotatable bonds is 1. The molecule has 2 aliphatic heterocycles. The highest BCUT2D eigenvalue weighted by molar-refractivity contribution is 5.61. The van der Waals surface area contributed by atoms with E-state index < -0.39 is 0 Å². The summed E-state index contributed by atoms with van der Waals surface area (Å²) in [7, 11) is 4.39. The summed E-state index contributed by atoms with van der Waals surface area (Å²) < 4.78 is 2.37. The Morgan fingerprint density at radius 2 is 1.87 bits per heavy atom. The van der Waals surface area contributed by atoms with Gasteiger partial charge in [-0.15, -0.1) is 0 Å². The summed E-state index contributed by atoms with van der Waals surface area (Å²) in [6, 6.07) is 13.8. The van der Waals surface area contributed by atoms with E-state index in [1.807, 2.05) is 0 Å². The van der Waals surface area contributed by atoms with E-state index in [0.29, 0.717) is 0 Å². The van der Waals surface area contributed by atoms with Crippen molar-refractivity contribution < 1.29 is 0 Å². The molecule has 2 nitrogen and oxygen atoms in total. The van der Waals surface area contributed by atoms with Crippen LogP contribution >= 0.6 is 0 Å². The SMILES string of the molecule is CN1CCCc2cc(/C=c3\ccc4c(c3)CCC[N+]=4C)ccc21. The Balaban J connectivity index is 1.75. The second-order valence-corrected chi connectivity index (χ2v) is 6.97. The van der Waals surface area contributed by atoms with Gasteiger partial charge in [0.15, 0.2) is 0 Å². The van der Waals surface area contributed by atoms with Crippen molar-refractivity contribution in [2.45, 2.75) is 25.7 Å². The van der Waals surface area contributed by atoms with E-state index in [4.69, 9.17) is 0 Å². The molecule has 0 amide bonds. The van der Waals surface area contributed by atoms with E-state index in [1.54, 1.807) is 0 Å². The number of benzene rings is 2. The predicted molar refractivity (Wildman–Crippen MR) is 97.6 cm³/mol. The highest BCUT2D eigenvalue weighted by Gasteiger charge is 2.14. The first-order valence-electron chi connectivity index (χ1n) is 8.73. The van der Waals surface area contributed by atoms with E-state index >= 15 is 0 Å². The van der Waals surface area contributed by atoms with E-state index in [2.05, 4.69) is 66.0 Å². The first-order chi connectivity index (χ1) is 11.2. The number of hydrogen-bond donors (Lipinski definition) is 0. The molecule has 0 bridgehead atoms. The second kappa shape index (κ2) is 5.84. The lowest BCUT2D eigenvalue weighted by Crippen LogP contribution is -2.35. The first kappa shape index (κ1) is 14.5. The minimum Gasteiger partial charge on any atom is -0.374 e. The zero-order valence-electron chi connectivity index (χ0n) is 14.2. The van der Waals surface area contributed by atoms with Crippen molar-refractivity contribution in [3.05, 3.63) is 63.7 Å². The van der Waals surface area contributed by atoms with Crippen LogP contribution in [0.5, 0.6) is 0 Å². The van der Waals surface area contributed by atoms with Crippen LogP contribution in [0.2, 0.25) is 0 Å². The van der Waals surface area contributed by atoms with Gasteiger partial charge in [0.2, 0.25) is 5.36 Å². The Morgan fingerprint density at radius 3 is 2.78 bits per heavy atom. The van der Waals surface area contributed by atoms with Crippen molar-refractivity contribution in [1.29, 1.82) is 0 Å². The van der Waals surface area contributed by atoms with Crippen molar-refractivity contribution in [2.24, 2.45) is 0 Å². The van der Waals surface area contributed by atoms with Gasteiger partial charge in [-0.2, -0.15) is 0 Å². The van der Waals surface area contributed by atoms with Gasteiger partial charge < -0.3 is 4.90 Å². The standard InChI is InChI=1S/C21H25N2/c1-22-11-3-5-18-14-16(7-9-20(18)22)13-17-8-10-21-19(15-17)6-4-12-23(21)2/h7-10,13-15H,3-6,11-12H2,1-2H3/q+1. The summed E-state index contributed by atoms with van der Waals surface area (Å²) in [5, 5.41) is 2.73. The van der Waals surface area contributed by atoms with Gasteiger partial charge in [-0.3, -0.25) is 0 Å². The van der Waals surface area contributed by atoms with E-state index in [-0.39, 0.29) is 0 Å². The second-order valence-electron chi connectivity index (χ2n) is 6.97. The van der Waals surface area contributed by atoms with Crippen LogP contribution in [-0.2, 0) is 12.8 Å². The number of fused-ring (bicyclic) bond motifs is 2. The lowest BCUT2D eigenvalue weighted by Gasteiger charge is -2.27. The molecule has 0 aromatic heterocycles. The maximum Gasteiger partial charge on any atom is 0.202 e. The molecule has 4 rings (SSSR count). The molecule has 0 unspecified atom stereocenters. The molecule has 0 saturated heterocycles. The van der Waals surface area contributed by atoms with E-state index in [9.17, 15) is 0 Å². The zero-order valence-corrected chi connectivity index (χ0v) is 14.2. The van der Waals surface area contributed by atoms with Gasteiger partial charge >= 0.3 is 0 Å². The molecule has 0 spiro atoms. The molecule has 2 aliphatic rings. The van der Waals surface area contributed by atoms with Crippen LogP contribution in [0.25, 0.3) is 6.08 Å². The van der Waals surface area contributed by atoms with Crippen LogP contribution < -0.4 is 20.1 Å². The van der Waals surface area contributed by atoms with Gasteiger partial charge in [-0.1, -0.05) is 6.07 Å². The summed E-state index contributed by atoms with van der Waals surface area (Å²) in [6.07, 6.45) is 7.26. The Hall–Kier alpha value is -2.09. The summed E-state index contributed by atoms with van der Waals surface area (Å²) in [6.45, 7) is 2.35. The summed E-state index contributed by atoms with van der Waals surface area (Å²) >= 11 is 0. The molecular formula is C21H25N2+. The van der Waals surface area contributed by atoms with Gasteiger partial charge in [-0.05, 0) is 65.9 Å². The molecule has 2 heterocycles. The fraction of sp³-hybridized carbons (Fsp3) is 0.381. The Labute approximate surface area is 138 Å². The molecule has 0 N–H and O–H groups in total. The van der Waals surface area contributed by atoms with Gasteiger partial charge in [0.05, 0.1) is 0 Å². The largest absolute Gasteiger partial charge is 0.374 e. The van der Waals surface area contributed by atoms with Gasteiger partial charge in [0.25, 0.3) is 0 Å². The maximum atomic E-state index is 2.37. The summed E-state index contributed by atoms with van der Waals surface area (Å²) in [5.41, 5.74) is 5.71. The van der Waals surface area contributed by atoms with E-state index in [1.165, 1.54) is 71.7 Å². The molecule has 2 aromatic rings. The highest BCUT2D eigenvalue weighted by Crippen LogP contribution is 2.26. The molecule has 0 saturated carbocycles. The highest BCUT2D eigenvalue weighted by atomic mass is 15.1. The molecule has 118 valence electrons. The lowest BCUT2D eigenvalue weighted by atomic mass is 9.98. The smallest absolute Gasteiger partial charge is 0.202 e. The third kappa shape index (κ3) is 2.78. The number of anilines is 1. The van der Waals surface area contributed by atoms with E-state index in [0.717, 1.165) is 0 Å². The third-order valence-corrected chi connectivity index (χ3v) is 5.24. The van der Waals surface area contributed by atoms with Crippen molar-refractivity contribution in [1.82, 2.24) is 4.58 Å². The van der Waals surface area contributed by atoms with Crippen LogP contribution in [-0.4, -0.2) is 27.2 Å². The van der Waals surface area contributed by atoms with Crippen LogP contribution in [0.1, 0.15) is 29.5 Å². The first-order valence-corrected chi connectivity index (χ1v) is 8.73. The Morgan fingerprint density at radius 1 is 1.00 bits per heavy atom. The molecule has 0 fully saturated rings. The average Bonchev–Trinajstić information content (AvgIpc) is 2.55. The van der Waals surface area contributed by atoms with Crippen molar-refractivity contribution in [2.75, 3.05) is 32.1 Å². The quantitative estimate of drug-likeness (QED) is 0.730. The Kier molecular flexibility index (Phi) is 3.68. The van der Waals surface area contributed by atoms with Crippen molar-refractivity contribution in [3.63, 3.8) is 0 Å². The topological polar surface area (TPSA) is 6.25 Å². The third-order valence-electron chi connectivity index (χ3n) is 5.24. The fourth-order valence-electron chi connectivity index (χ4n) is 3.98. The van der Waals surface area contributed by atoms with Crippen LogP contribution in [0.15, 0.2) is 36.4 Å². The molecule has 0 aliphatic carbocycles. The Bertz CT molecular complexity index is 864. The lowest BCUT2D eigenvalue weighted by molar-refractivity contribution is 0.588. The van der Waals surface area contributed by atoms with Gasteiger partial charge in [0, 0.05) is 37.3 Å². The molecule has 2 heteroatoms. The van der Waals surface area contributed by atoms with Crippen LogP contribution in [0.3, 0.4) is 0 Å². The number of nitrogens with zero attached hydrogens (tertiary/aromatic N) is 2. The molecule has 0 radical (unpaired) electrons. The molecule has 0 atom stereocenters. The predicted octanol–water partition coefficient (Wildman–Crippen LogP) is 1.96. The van der Waals surface area contributed by atoms with Crippen molar-refractivity contribution in [3.8, 4) is 0 Å². The summed E-state index contributed by atoms with van der Waals surface area (Å²) in [4.78, 5) is 2.37.